The lowest BCUT2D eigenvalue weighted by Gasteiger charge is -2.27. The topological polar surface area (TPSA) is 73.2 Å². The van der Waals surface area contributed by atoms with Gasteiger partial charge in [0.2, 0.25) is 0 Å². The first-order chi connectivity index (χ1) is 12.1. The van der Waals surface area contributed by atoms with Crippen LogP contribution in [0.1, 0.15) is 30.1 Å². The highest BCUT2D eigenvalue weighted by atomic mass is 19.4. The van der Waals surface area contributed by atoms with Gasteiger partial charge in [-0.3, -0.25) is 14.6 Å². The fourth-order valence-electron chi connectivity index (χ4n) is 3.23. The Morgan fingerprint density at radius 1 is 1.19 bits per heavy atom. The molecule has 26 heavy (non-hydrogen) atoms. The van der Waals surface area contributed by atoms with Gasteiger partial charge in [0.25, 0.3) is 5.91 Å². The third-order valence-corrected chi connectivity index (χ3v) is 4.90. The first kappa shape index (κ1) is 18.2. The Morgan fingerprint density at radius 2 is 1.85 bits per heavy atom. The Balaban J connectivity index is 1.75. The van der Waals surface area contributed by atoms with E-state index in [4.69, 9.17) is 5.11 Å². The number of benzene rings is 1. The number of hydrogen-bond acceptors (Lipinski definition) is 4. The second kappa shape index (κ2) is 6.30. The Bertz CT molecular complexity index is 761. The molecule has 1 atom stereocenters. The van der Waals surface area contributed by atoms with E-state index in [1.165, 1.54) is 12.1 Å². The van der Waals surface area contributed by atoms with Crippen LogP contribution in [-0.2, 0) is 4.79 Å². The number of nitrogens with zero attached hydrogens (tertiary/aromatic N) is 3. The number of carboxylic acids is 1. The Labute approximate surface area is 147 Å². The van der Waals surface area contributed by atoms with Gasteiger partial charge in [0.05, 0.1) is 5.69 Å². The van der Waals surface area contributed by atoms with Crippen LogP contribution in [0.3, 0.4) is 0 Å². The maximum atomic E-state index is 13.2. The van der Waals surface area contributed by atoms with Gasteiger partial charge in [-0.05, 0) is 37.6 Å². The second-order valence-corrected chi connectivity index (χ2v) is 6.62. The summed E-state index contributed by atoms with van der Waals surface area (Å²) in [7, 11) is 0. The number of rotatable bonds is 3. The number of likely N-dealkylation sites (tertiary alicyclic amines) is 1. The predicted molar refractivity (Wildman–Crippen MR) is 88.2 cm³/mol. The molecule has 0 spiro atoms. The summed E-state index contributed by atoms with van der Waals surface area (Å²) in [5.74, 6) is -2.55. The van der Waals surface area contributed by atoms with Crippen LogP contribution in [-0.4, -0.2) is 53.4 Å². The van der Waals surface area contributed by atoms with Gasteiger partial charge in [0.1, 0.15) is 0 Å². The number of hydrazone groups is 1. The number of anilines is 1. The highest BCUT2D eigenvalue weighted by Crippen LogP contribution is 2.46. The van der Waals surface area contributed by atoms with Gasteiger partial charge in [-0.1, -0.05) is 0 Å². The fourth-order valence-corrected chi connectivity index (χ4v) is 3.23. The molecule has 2 heterocycles. The summed E-state index contributed by atoms with van der Waals surface area (Å²) in [5, 5.41) is 15.2. The van der Waals surface area contributed by atoms with Gasteiger partial charge in [-0.25, -0.2) is 0 Å². The largest absolute Gasteiger partial charge is 0.481 e. The number of hydrogen-bond donors (Lipinski definition) is 1. The van der Waals surface area contributed by atoms with Crippen molar-refractivity contribution in [3.05, 3.63) is 29.8 Å². The fraction of sp³-hybridized carbons (Fsp3) is 0.471. The maximum absolute atomic E-state index is 13.2. The number of amides is 1. The number of carboxylic acid groups (broad SMARTS) is 1. The average Bonchev–Trinajstić information content (AvgIpc) is 3.21. The molecular formula is C17H18F3N3O3. The molecular weight excluding hydrogens is 351 g/mol. The van der Waals surface area contributed by atoms with Gasteiger partial charge < -0.3 is 10.0 Å². The Kier molecular flexibility index (Phi) is 4.41. The zero-order valence-corrected chi connectivity index (χ0v) is 14.1. The highest BCUT2D eigenvalue weighted by Gasteiger charge is 2.64. The molecule has 2 aliphatic heterocycles. The summed E-state index contributed by atoms with van der Waals surface area (Å²) in [6.07, 6.45) is -4.70. The van der Waals surface area contributed by atoms with Gasteiger partial charge in [-0.15, -0.1) is 0 Å². The Morgan fingerprint density at radius 3 is 2.31 bits per heavy atom. The van der Waals surface area contributed by atoms with E-state index >= 15 is 0 Å². The molecule has 1 fully saturated rings. The molecule has 0 saturated carbocycles. The second-order valence-electron chi connectivity index (χ2n) is 6.62. The molecule has 1 aromatic carbocycles. The van der Waals surface area contributed by atoms with E-state index in [9.17, 15) is 22.8 Å². The molecule has 6 nitrogen and oxygen atoms in total. The lowest BCUT2D eigenvalue weighted by atomic mass is 9.86. The van der Waals surface area contributed by atoms with Crippen molar-refractivity contribution in [2.24, 2.45) is 10.5 Å². The Hall–Kier alpha value is -2.58. The molecule has 1 amide bonds. The quantitative estimate of drug-likeness (QED) is 0.889. The normalized spacial score (nSPS) is 23.3. The summed E-state index contributed by atoms with van der Waals surface area (Å²) < 4.78 is 39.7. The standard InChI is InChI=1S/C17H18F3N3O3/c1-11-6-8-23(21-11)13-4-2-12(3-5-13)14(24)22-9-7-16(10-22,15(25)26)17(18,19)20/h2-5H,6-10H2,1H3,(H,25,26). The highest BCUT2D eigenvalue weighted by molar-refractivity contribution is 5.95. The van der Waals surface area contributed by atoms with Gasteiger partial charge in [0.15, 0.2) is 5.41 Å². The lowest BCUT2D eigenvalue weighted by Crippen LogP contribution is -2.47. The predicted octanol–water partition coefficient (Wildman–Crippen LogP) is 2.75. The smallest absolute Gasteiger partial charge is 0.406 e. The molecule has 140 valence electrons. The zero-order chi connectivity index (χ0) is 19.1. The van der Waals surface area contributed by atoms with Crippen LogP contribution in [0.25, 0.3) is 0 Å². The molecule has 0 radical (unpaired) electrons. The summed E-state index contributed by atoms with van der Waals surface area (Å²) in [6, 6.07) is 6.41. The number of alkyl halides is 3. The third-order valence-electron chi connectivity index (χ3n) is 4.90. The van der Waals surface area contributed by atoms with Crippen molar-refractivity contribution in [1.82, 2.24) is 4.90 Å². The van der Waals surface area contributed by atoms with Crippen molar-refractivity contribution in [2.45, 2.75) is 25.9 Å². The van der Waals surface area contributed by atoms with Crippen LogP contribution in [0.5, 0.6) is 0 Å². The summed E-state index contributed by atoms with van der Waals surface area (Å²) in [5.41, 5.74) is -0.893. The number of carbonyl (C=O) groups excluding carboxylic acids is 1. The SMILES string of the molecule is CC1=NN(c2ccc(C(=O)N3CCC(C(=O)O)(C(F)(F)F)C3)cc2)CC1. The van der Waals surface area contributed by atoms with E-state index in [1.807, 2.05) is 6.92 Å². The average molecular weight is 369 g/mol. The molecule has 1 N–H and O–H groups in total. The molecule has 2 aliphatic rings. The van der Waals surface area contributed by atoms with Gasteiger partial charge in [-0.2, -0.15) is 18.3 Å². The van der Waals surface area contributed by atoms with Crippen molar-refractivity contribution >= 4 is 23.3 Å². The van der Waals surface area contributed by atoms with Crippen molar-refractivity contribution < 1.29 is 27.9 Å². The van der Waals surface area contributed by atoms with Crippen LogP contribution >= 0.6 is 0 Å². The van der Waals surface area contributed by atoms with Crippen LogP contribution in [0, 0.1) is 5.41 Å². The summed E-state index contributed by atoms with van der Waals surface area (Å²) >= 11 is 0. The monoisotopic (exact) mass is 369 g/mol. The van der Waals surface area contributed by atoms with Crippen molar-refractivity contribution in [1.29, 1.82) is 0 Å². The van der Waals surface area contributed by atoms with E-state index in [1.54, 1.807) is 17.1 Å². The molecule has 1 saturated heterocycles. The third kappa shape index (κ3) is 3.02. The van der Waals surface area contributed by atoms with Crippen LogP contribution in [0.15, 0.2) is 29.4 Å². The van der Waals surface area contributed by atoms with E-state index in [2.05, 4.69) is 5.10 Å². The van der Waals surface area contributed by atoms with Gasteiger partial charge >= 0.3 is 12.1 Å². The van der Waals surface area contributed by atoms with Gasteiger partial charge in [0, 0.05) is 37.3 Å². The van der Waals surface area contributed by atoms with E-state index < -0.39 is 36.4 Å². The molecule has 3 rings (SSSR count). The molecule has 0 aliphatic carbocycles. The van der Waals surface area contributed by atoms with E-state index in [-0.39, 0.29) is 12.1 Å². The molecule has 0 bridgehead atoms. The van der Waals surface area contributed by atoms with Crippen LogP contribution in [0.4, 0.5) is 18.9 Å². The lowest BCUT2D eigenvalue weighted by molar-refractivity contribution is -0.227. The van der Waals surface area contributed by atoms with Crippen molar-refractivity contribution in [3.63, 3.8) is 0 Å². The number of carbonyl (C=O) groups is 2. The maximum Gasteiger partial charge on any atom is 0.406 e. The first-order valence-electron chi connectivity index (χ1n) is 8.15. The van der Waals surface area contributed by atoms with Crippen LogP contribution < -0.4 is 5.01 Å². The number of aliphatic carboxylic acids is 1. The minimum absolute atomic E-state index is 0.219. The van der Waals surface area contributed by atoms with Crippen LogP contribution in [0.2, 0.25) is 0 Å². The summed E-state index contributed by atoms with van der Waals surface area (Å²) in [4.78, 5) is 24.7. The molecule has 9 heteroatoms. The van der Waals surface area contributed by atoms with Crippen molar-refractivity contribution in [3.8, 4) is 0 Å². The number of halogens is 3. The zero-order valence-electron chi connectivity index (χ0n) is 14.1. The first-order valence-corrected chi connectivity index (χ1v) is 8.15. The van der Waals surface area contributed by atoms with Crippen molar-refractivity contribution in [2.75, 3.05) is 24.6 Å². The summed E-state index contributed by atoms with van der Waals surface area (Å²) in [6.45, 7) is 1.53. The molecule has 1 aromatic rings. The molecule has 1 unspecified atom stereocenters. The van der Waals surface area contributed by atoms with E-state index in [0.29, 0.717) is 0 Å². The minimum atomic E-state index is -4.91. The van der Waals surface area contributed by atoms with E-state index in [0.717, 1.165) is 29.3 Å². The minimum Gasteiger partial charge on any atom is -0.481 e. The molecule has 0 aromatic heterocycles.